The van der Waals surface area contributed by atoms with Crippen LogP contribution in [0.1, 0.15) is 51.2 Å². The maximum Gasteiger partial charge on any atom is 0.242 e. The molecule has 192 valence electrons. The molecule has 0 fully saturated rings. The van der Waals surface area contributed by atoms with Gasteiger partial charge >= 0.3 is 0 Å². The maximum absolute atomic E-state index is 13.4. The molecule has 0 aliphatic carbocycles. The Labute approximate surface area is 210 Å². The van der Waals surface area contributed by atoms with E-state index in [0.29, 0.717) is 31.8 Å². The molecule has 0 heterocycles. The molecule has 2 aromatic carbocycles. The Balaban J connectivity index is 2.12. The highest BCUT2D eigenvalue weighted by Crippen LogP contribution is 2.17. The van der Waals surface area contributed by atoms with Crippen LogP contribution in [0, 0.1) is 12.8 Å². The zero-order chi connectivity index (χ0) is 26.0. The number of benzene rings is 2. The number of nitrogens with zero attached hydrogens (tertiary/aromatic N) is 2. The quantitative estimate of drug-likeness (QED) is 0.450. The van der Waals surface area contributed by atoms with Gasteiger partial charge in [0.15, 0.2) is 0 Å². The molecule has 0 bridgehead atoms. The molecule has 0 saturated heterocycles. The lowest BCUT2D eigenvalue weighted by Gasteiger charge is -2.31. The number of rotatable bonds is 13. The summed E-state index contributed by atoms with van der Waals surface area (Å²) in [4.78, 5) is 28.2. The van der Waals surface area contributed by atoms with E-state index in [1.54, 1.807) is 35.2 Å². The van der Waals surface area contributed by atoms with Gasteiger partial charge in [-0.3, -0.25) is 9.59 Å². The van der Waals surface area contributed by atoms with Gasteiger partial charge in [0.25, 0.3) is 0 Å². The van der Waals surface area contributed by atoms with Crippen molar-refractivity contribution in [3.05, 3.63) is 65.7 Å². The topological polar surface area (TPSA) is 86.8 Å². The number of carbonyl (C=O) groups is 2. The maximum atomic E-state index is 13.4. The normalized spacial score (nSPS) is 12.5. The fourth-order valence-electron chi connectivity index (χ4n) is 3.84. The summed E-state index contributed by atoms with van der Waals surface area (Å²) in [6.07, 6.45) is 0.994. The molecule has 0 radical (unpaired) electrons. The number of aryl methyl sites for hydroxylation is 1. The first-order chi connectivity index (χ1) is 16.6. The van der Waals surface area contributed by atoms with Crippen LogP contribution in [0.2, 0.25) is 0 Å². The fraction of sp³-hybridized carbons (Fsp3) is 0.481. The predicted molar refractivity (Wildman–Crippen MR) is 139 cm³/mol. The van der Waals surface area contributed by atoms with Crippen molar-refractivity contribution in [3.63, 3.8) is 0 Å². The molecule has 0 aliphatic heterocycles. The minimum Gasteiger partial charge on any atom is -0.354 e. The van der Waals surface area contributed by atoms with Crippen molar-refractivity contribution in [1.82, 2.24) is 14.5 Å². The first kappa shape index (κ1) is 28.5. The smallest absolute Gasteiger partial charge is 0.242 e. The van der Waals surface area contributed by atoms with Gasteiger partial charge in [-0.15, -0.1) is 0 Å². The number of hydrogen-bond donors (Lipinski definition) is 1. The molecule has 2 rings (SSSR count). The van der Waals surface area contributed by atoms with Crippen LogP contribution in [0.15, 0.2) is 59.5 Å². The van der Waals surface area contributed by atoms with Crippen LogP contribution < -0.4 is 5.32 Å². The van der Waals surface area contributed by atoms with Crippen LogP contribution in [-0.4, -0.2) is 55.6 Å². The van der Waals surface area contributed by atoms with Gasteiger partial charge in [-0.2, -0.15) is 0 Å². The summed E-state index contributed by atoms with van der Waals surface area (Å²) in [6, 6.07) is 15.6. The summed E-state index contributed by atoms with van der Waals surface area (Å²) < 4.78 is 26.8. The summed E-state index contributed by atoms with van der Waals surface area (Å²) in [5, 5.41) is 2.96. The highest BCUT2D eigenvalue weighted by molar-refractivity contribution is 7.89. The van der Waals surface area contributed by atoms with E-state index in [4.69, 9.17) is 0 Å². The van der Waals surface area contributed by atoms with Crippen LogP contribution >= 0.6 is 0 Å². The van der Waals surface area contributed by atoms with Crippen LogP contribution in [-0.2, 0) is 26.2 Å². The van der Waals surface area contributed by atoms with E-state index in [9.17, 15) is 18.0 Å². The third kappa shape index (κ3) is 8.47. The Morgan fingerprint density at radius 3 is 2.31 bits per heavy atom. The Morgan fingerprint density at radius 1 is 1.03 bits per heavy atom. The summed E-state index contributed by atoms with van der Waals surface area (Å²) in [5.74, 6) is -0.0194. The van der Waals surface area contributed by atoms with Crippen molar-refractivity contribution < 1.29 is 18.0 Å². The second-order valence-electron chi connectivity index (χ2n) is 9.32. The minimum atomic E-state index is -3.62. The van der Waals surface area contributed by atoms with Crippen molar-refractivity contribution >= 4 is 21.8 Å². The molecular formula is C27H39N3O4S. The van der Waals surface area contributed by atoms with Gasteiger partial charge < -0.3 is 10.2 Å². The second kappa shape index (κ2) is 13.4. The molecule has 1 atom stereocenters. The summed E-state index contributed by atoms with van der Waals surface area (Å²) in [6.45, 7) is 9.02. The minimum absolute atomic E-state index is 0.147. The Hall–Kier alpha value is -2.71. The van der Waals surface area contributed by atoms with E-state index in [-0.39, 0.29) is 29.7 Å². The molecule has 0 aliphatic rings. The van der Waals surface area contributed by atoms with E-state index in [1.165, 1.54) is 11.4 Å². The Kier molecular flexibility index (Phi) is 10.9. The monoisotopic (exact) mass is 501 g/mol. The average Bonchev–Trinajstić information content (AvgIpc) is 2.83. The average molecular weight is 502 g/mol. The second-order valence-corrected chi connectivity index (χ2v) is 11.4. The molecule has 0 saturated carbocycles. The van der Waals surface area contributed by atoms with Crippen LogP contribution in [0.3, 0.4) is 0 Å². The van der Waals surface area contributed by atoms with Crippen molar-refractivity contribution in [2.45, 2.75) is 64.4 Å². The predicted octanol–water partition coefficient (Wildman–Crippen LogP) is 3.98. The van der Waals surface area contributed by atoms with Crippen molar-refractivity contribution in [3.8, 4) is 0 Å². The fourth-order valence-corrected chi connectivity index (χ4v) is 5.07. The molecular weight excluding hydrogens is 462 g/mol. The number of carbonyl (C=O) groups excluding carboxylic acids is 2. The Morgan fingerprint density at radius 2 is 1.71 bits per heavy atom. The highest BCUT2D eigenvalue weighted by atomic mass is 32.2. The molecule has 35 heavy (non-hydrogen) atoms. The van der Waals surface area contributed by atoms with E-state index < -0.39 is 16.1 Å². The Bertz CT molecular complexity index is 1070. The van der Waals surface area contributed by atoms with Crippen molar-refractivity contribution in [2.24, 2.45) is 5.92 Å². The molecule has 0 spiro atoms. The van der Waals surface area contributed by atoms with Crippen LogP contribution in [0.4, 0.5) is 0 Å². The summed E-state index contributed by atoms with van der Waals surface area (Å²) in [7, 11) is -2.10. The van der Waals surface area contributed by atoms with Crippen LogP contribution in [0.25, 0.3) is 0 Å². The van der Waals surface area contributed by atoms with E-state index >= 15 is 0 Å². The van der Waals surface area contributed by atoms with Gasteiger partial charge in [-0.25, -0.2) is 12.7 Å². The van der Waals surface area contributed by atoms with E-state index in [0.717, 1.165) is 11.1 Å². The zero-order valence-corrected chi connectivity index (χ0v) is 22.3. The van der Waals surface area contributed by atoms with Gasteiger partial charge in [0.05, 0.1) is 4.90 Å². The standard InChI is InChI=1S/C27H39N3O4S/c1-6-25(27(32)28-19-21(2)3)30(20-23-13-10-12-22(4)18-23)26(31)16-11-17-29(5)35(33,34)24-14-8-7-9-15-24/h7-10,12-15,18,21,25H,6,11,16-17,19-20H2,1-5H3,(H,28,32)/t25-/m0/s1. The molecule has 1 N–H and O–H groups in total. The third-order valence-electron chi connectivity index (χ3n) is 5.82. The first-order valence-electron chi connectivity index (χ1n) is 12.2. The van der Waals surface area contributed by atoms with Gasteiger partial charge in [0, 0.05) is 33.1 Å². The van der Waals surface area contributed by atoms with Gasteiger partial charge in [0.2, 0.25) is 21.8 Å². The van der Waals surface area contributed by atoms with E-state index in [1.807, 2.05) is 52.0 Å². The SMILES string of the molecule is CC[C@@H](C(=O)NCC(C)C)N(Cc1cccc(C)c1)C(=O)CCCN(C)S(=O)(=O)c1ccccc1. The van der Waals surface area contributed by atoms with Crippen molar-refractivity contribution in [2.75, 3.05) is 20.1 Å². The largest absolute Gasteiger partial charge is 0.354 e. The molecule has 0 aromatic heterocycles. The first-order valence-corrected chi connectivity index (χ1v) is 13.6. The lowest BCUT2D eigenvalue weighted by Crippen LogP contribution is -2.49. The summed E-state index contributed by atoms with van der Waals surface area (Å²) >= 11 is 0. The number of amides is 2. The lowest BCUT2D eigenvalue weighted by molar-refractivity contribution is -0.141. The summed E-state index contributed by atoms with van der Waals surface area (Å²) in [5.41, 5.74) is 2.04. The highest BCUT2D eigenvalue weighted by Gasteiger charge is 2.29. The van der Waals surface area contributed by atoms with Gasteiger partial charge in [-0.1, -0.05) is 68.8 Å². The molecule has 7 nitrogen and oxygen atoms in total. The third-order valence-corrected chi connectivity index (χ3v) is 7.69. The number of hydrogen-bond acceptors (Lipinski definition) is 4. The number of nitrogens with one attached hydrogen (secondary N) is 1. The number of sulfonamides is 1. The van der Waals surface area contributed by atoms with Gasteiger partial charge in [0.1, 0.15) is 6.04 Å². The van der Waals surface area contributed by atoms with Crippen molar-refractivity contribution in [1.29, 1.82) is 0 Å². The molecule has 2 amide bonds. The molecule has 8 heteroatoms. The zero-order valence-electron chi connectivity index (χ0n) is 21.5. The van der Waals surface area contributed by atoms with E-state index in [2.05, 4.69) is 5.32 Å². The van der Waals surface area contributed by atoms with Gasteiger partial charge in [-0.05, 0) is 43.4 Å². The lowest BCUT2D eigenvalue weighted by atomic mass is 10.1. The molecule has 0 unspecified atom stereocenters. The molecule has 2 aromatic rings. The van der Waals surface area contributed by atoms with Crippen LogP contribution in [0.5, 0.6) is 0 Å².